The molecule has 6 nitrogen and oxygen atoms in total. The second kappa shape index (κ2) is 12.6. The Morgan fingerprint density at radius 1 is 0.333 bits per heavy atom. The molecule has 8 heterocycles. The lowest BCUT2D eigenvalue weighted by atomic mass is 10.0. The van der Waals surface area contributed by atoms with Crippen LogP contribution in [0.25, 0.3) is 45.0 Å². The first-order valence-corrected chi connectivity index (χ1v) is 17.7. The first kappa shape index (κ1) is 29.3. The largest absolute Gasteiger partial charge is 0.291 e. The van der Waals surface area contributed by atoms with Crippen LogP contribution >= 0.6 is 23.5 Å². The molecule has 0 saturated heterocycles. The zero-order valence-corrected chi connectivity index (χ0v) is 27.9. The van der Waals surface area contributed by atoms with Crippen LogP contribution in [0.5, 0.6) is 0 Å². The standard InChI is InChI=1S/C40H32N6S2/c1-2-31-20-32(3-1)26-46-23-29-8-16-35(17-9-29)39-37(41-47-43-39)33-12-4-27(5-13-33)21-45(25-31)22-28-6-14-34(15-7-28)38-40(44-48-42-38)36-18-10-30(24-46)11-19-36/h1-20H,21-26H2. The molecular formula is C40H32N6S2. The molecule has 0 aliphatic carbocycles. The first-order valence-electron chi connectivity index (χ1n) is 16.3. The fraction of sp³-hybridized carbons (Fsp3) is 0.150. The summed E-state index contributed by atoms with van der Waals surface area (Å²) >= 11 is 2.55. The van der Waals surface area contributed by atoms with Crippen LogP contribution in [0.1, 0.15) is 33.4 Å². The highest BCUT2D eigenvalue weighted by Crippen LogP contribution is 2.33. The van der Waals surface area contributed by atoms with Crippen molar-refractivity contribution >= 4 is 23.5 Å². The highest BCUT2D eigenvalue weighted by atomic mass is 32.1. The summed E-state index contributed by atoms with van der Waals surface area (Å²) in [5, 5.41) is 0. The second-order valence-electron chi connectivity index (χ2n) is 12.8. The molecule has 2 aromatic heterocycles. The van der Waals surface area contributed by atoms with Crippen molar-refractivity contribution in [3.63, 3.8) is 0 Å². The van der Waals surface area contributed by atoms with Gasteiger partial charge < -0.3 is 0 Å². The van der Waals surface area contributed by atoms with E-state index in [1.807, 2.05) is 0 Å². The molecule has 5 aromatic carbocycles. The molecule has 13 rings (SSSR count). The fourth-order valence-electron chi connectivity index (χ4n) is 6.92. The predicted molar refractivity (Wildman–Crippen MR) is 194 cm³/mol. The summed E-state index contributed by atoms with van der Waals surface area (Å²) in [6.45, 7) is 5.01. The molecule has 234 valence electrons. The quantitative estimate of drug-likeness (QED) is 0.162. The highest BCUT2D eigenvalue weighted by molar-refractivity contribution is 6.99. The van der Waals surface area contributed by atoms with E-state index in [2.05, 4.69) is 131 Å². The van der Waals surface area contributed by atoms with Gasteiger partial charge in [-0.25, -0.2) is 0 Å². The molecule has 48 heavy (non-hydrogen) atoms. The van der Waals surface area contributed by atoms with Gasteiger partial charge in [-0.05, 0) is 33.4 Å². The van der Waals surface area contributed by atoms with Gasteiger partial charge in [-0.2, -0.15) is 17.5 Å². The molecular weight excluding hydrogens is 629 g/mol. The monoisotopic (exact) mass is 660 g/mol. The van der Waals surface area contributed by atoms with Crippen LogP contribution in [-0.2, 0) is 39.3 Å². The fourth-order valence-corrected chi connectivity index (χ4v) is 8.09. The lowest BCUT2D eigenvalue weighted by Gasteiger charge is -2.25. The Balaban J connectivity index is 1.19. The van der Waals surface area contributed by atoms with E-state index in [9.17, 15) is 0 Å². The highest BCUT2D eigenvalue weighted by Gasteiger charge is 2.18. The van der Waals surface area contributed by atoms with E-state index in [1.165, 1.54) is 56.8 Å². The van der Waals surface area contributed by atoms with Gasteiger partial charge in [0.2, 0.25) is 0 Å². The molecule has 0 amide bonds. The Hall–Kier alpha value is -4.86. The van der Waals surface area contributed by atoms with Gasteiger partial charge in [0.15, 0.2) is 0 Å². The second-order valence-corrected chi connectivity index (χ2v) is 13.9. The summed E-state index contributed by atoms with van der Waals surface area (Å²) in [5.74, 6) is 0. The molecule has 8 heteroatoms. The molecule has 0 radical (unpaired) electrons. The molecule has 7 aromatic rings. The van der Waals surface area contributed by atoms with Crippen LogP contribution in [0.15, 0.2) is 121 Å². The van der Waals surface area contributed by atoms with Crippen LogP contribution in [-0.4, -0.2) is 27.3 Å². The minimum absolute atomic E-state index is 0.829. The van der Waals surface area contributed by atoms with Crippen molar-refractivity contribution < 1.29 is 0 Å². The van der Waals surface area contributed by atoms with Gasteiger partial charge in [0.1, 0.15) is 22.8 Å². The Labute approximate surface area is 288 Å². The SMILES string of the molecule is c1cc2cc(c1)CN1Cc3ccc(cc3)-c3nsnc3-c3ccc(cc3)CN(Cc3ccc(cc3)-c3nsnc3-c3ccc(cc3)C1)C2. The molecule has 0 spiro atoms. The average molecular weight is 661 g/mol. The maximum atomic E-state index is 4.73. The lowest BCUT2D eigenvalue weighted by Crippen LogP contribution is -2.24. The number of hydrogen-bond acceptors (Lipinski definition) is 8. The molecule has 0 fully saturated rings. The molecule has 0 saturated carbocycles. The van der Waals surface area contributed by atoms with E-state index in [0.717, 1.165) is 84.3 Å². The van der Waals surface area contributed by atoms with Gasteiger partial charge in [0.05, 0.1) is 23.5 Å². The molecule has 0 unspecified atom stereocenters. The van der Waals surface area contributed by atoms with Crippen molar-refractivity contribution in [2.24, 2.45) is 0 Å². The third-order valence-corrected chi connectivity index (χ3v) is 10.4. The van der Waals surface area contributed by atoms with Crippen molar-refractivity contribution in [3.05, 3.63) is 155 Å². The Morgan fingerprint density at radius 3 is 0.896 bits per heavy atom. The molecule has 6 aliphatic heterocycles. The zero-order chi connectivity index (χ0) is 31.9. The van der Waals surface area contributed by atoms with Crippen molar-refractivity contribution in [2.45, 2.75) is 39.3 Å². The molecule has 0 N–H and O–H groups in total. The van der Waals surface area contributed by atoms with Gasteiger partial charge in [-0.3, -0.25) is 9.80 Å². The Bertz CT molecular complexity index is 1900. The molecule has 12 bridgehead atoms. The molecule has 6 aliphatic rings. The van der Waals surface area contributed by atoms with Crippen LogP contribution in [0.4, 0.5) is 0 Å². The summed E-state index contributed by atoms with van der Waals surface area (Å²) in [5.41, 5.74) is 15.8. The number of fused-ring (bicyclic) bond motifs is 4. The molecule has 0 atom stereocenters. The average Bonchev–Trinajstić information content (AvgIpc) is 3.80. The first-order chi connectivity index (χ1) is 23.7. The summed E-state index contributed by atoms with van der Waals surface area (Å²) in [7, 11) is 0. The normalized spacial score (nSPS) is 17.1. The Kier molecular flexibility index (Phi) is 7.71. The van der Waals surface area contributed by atoms with E-state index in [4.69, 9.17) is 17.5 Å². The Morgan fingerprint density at radius 2 is 0.604 bits per heavy atom. The third-order valence-electron chi connectivity index (χ3n) is 9.32. The summed E-state index contributed by atoms with van der Waals surface area (Å²) in [6.07, 6.45) is 0. The number of hydrogen-bond donors (Lipinski definition) is 0. The van der Waals surface area contributed by atoms with Crippen molar-refractivity contribution in [2.75, 3.05) is 0 Å². The third kappa shape index (κ3) is 6.00. The summed E-state index contributed by atoms with van der Waals surface area (Å²) in [4.78, 5) is 5.07. The smallest absolute Gasteiger partial charge is 0.112 e. The van der Waals surface area contributed by atoms with Crippen LogP contribution in [0, 0.1) is 0 Å². The van der Waals surface area contributed by atoms with E-state index >= 15 is 0 Å². The van der Waals surface area contributed by atoms with Crippen LogP contribution in [0.2, 0.25) is 0 Å². The number of rotatable bonds is 0. The lowest BCUT2D eigenvalue weighted by molar-refractivity contribution is 0.243. The van der Waals surface area contributed by atoms with Gasteiger partial charge >= 0.3 is 0 Å². The number of aromatic nitrogens is 4. The van der Waals surface area contributed by atoms with Crippen molar-refractivity contribution in [1.82, 2.24) is 27.3 Å². The van der Waals surface area contributed by atoms with Gasteiger partial charge in [-0.1, -0.05) is 121 Å². The van der Waals surface area contributed by atoms with E-state index < -0.39 is 0 Å². The van der Waals surface area contributed by atoms with E-state index in [1.54, 1.807) is 0 Å². The van der Waals surface area contributed by atoms with Gasteiger partial charge in [0.25, 0.3) is 0 Å². The number of nitrogens with zero attached hydrogens (tertiary/aromatic N) is 6. The van der Waals surface area contributed by atoms with Gasteiger partial charge in [-0.15, -0.1) is 0 Å². The van der Waals surface area contributed by atoms with Crippen molar-refractivity contribution in [3.8, 4) is 45.0 Å². The predicted octanol–water partition coefficient (Wildman–Crippen LogP) is 9.09. The summed E-state index contributed by atoms with van der Waals surface area (Å²) < 4.78 is 18.9. The minimum Gasteiger partial charge on any atom is -0.291 e. The van der Waals surface area contributed by atoms with Crippen LogP contribution < -0.4 is 0 Å². The van der Waals surface area contributed by atoms with Crippen molar-refractivity contribution in [1.29, 1.82) is 0 Å². The van der Waals surface area contributed by atoms with E-state index in [0.29, 0.717) is 0 Å². The van der Waals surface area contributed by atoms with Gasteiger partial charge in [0, 0.05) is 61.5 Å². The zero-order valence-electron chi connectivity index (χ0n) is 26.3. The minimum atomic E-state index is 0.829. The van der Waals surface area contributed by atoms with E-state index in [-0.39, 0.29) is 0 Å². The maximum absolute atomic E-state index is 4.73. The summed E-state index contributed by atoms with van der Waals surface area (Å²) in [6, 6.07) is 44.6. The maximum Gasteiger partial charge on any atom is 0.112 e. The topological polar surface area (TPSA) is 58.0 Å². The number of benzene rings is 5. The van der Waals surface area contributed by atoms with Crippen LogP contribution in [0.3, 0.4) is 0 Å².